The molecule has 0 aliphatic carbocycles. The molecule has 0 amide bonds. The zero-order chi connectivity index (χ0) is 19.4. The standard InChI is InChI=1S/C22H32N4O2/c1-23-22(24-12-6-15-27-18-21-9-5-16-28-21)25-20-10-13-26(14-11-20)17-19-7-3-2-4-8-19/h2-5,7-9,16,20H,6,10-15,17-18H2,1H3,(H2,23,24,25). The molecule has 152 valence electrons. The number of furan rings is 1. The molecular weight excluding hydrogens is 352 g/mol. The van der Waals surface area contributed by atoms with E-state index in [9.17, 15) is 0 Å². The van der Waals surface area contributed by atoms with Crippen LogP contribution in [0.3, 0.4) is 0 Å². The van der Waals surface area contributed by atoms with Gasteiger partial charge in [-0.3, -0.25) is 9.89 Å². The number of aliphatic imine (C=N–C) groups is 1. The summed E-state index contributed by atoms with van der Waals surface area (Å²) in [4.78, 5) is 6.88. The van der Waals surface area contributed by atoms with Crippen LogP contribution in [-0.4, -0.2) is 50.2 Å². The fourth-order valence-electron chi connectivity index (χ4n) is 3.41. The van der Waals surface area contributed by atoms with Crippen molar-refractivity contribution in [3.8, 4) is 0 Å². The lowest BCUT2D eigenvalue weighted by Gasteiger charge is -2.33. The summed E-state index contributed by atoms with van der Waals surface area (Å²) in [5, 5.41) is 6.94. The van der Waals surface area contributed by atoms with Crippen LogP contribution in [0.2, 0.25) is 0 Å². The topological polar surface area (TPSA) is 62.0 Å². The average Bonchev–Trinajstić information content (AvgIpc) is 3.25. The van der Waals surface area contributed by atoms with E-state index in [4.69, 9.17) is 9.15 Å². The van der Waals surface area contributed by atoms with Gasteiger partial charge in [-0.1, -0.05) is 30.3 Å². The molecule has 0 saturated carbocycles. The predicted molar refractivity (Wildman–Crippen MR) is 112 cm³/mol. The maximum atomic E-state index is 5.60. The molecule has 2 aromatic rings. The van der Waals surface area contributed by atoms with Crippen molar-refractivity contribution in [1.29, 1.82) is 0 Å². The third kappa shape index (κ3) is 7.02. The molecule has 1 aliphatic heterocycles. The fraction of sp³-hybridized carbons (Fsp3) is 0.500. The number of likely N-dealkylation sites (tertiary alicyclic amines) is 1. The highest BCUT2D eigenvalue weighted by Crippen LogP contribution is 2.13. The van der Waals surface area contributed by atoms with E-state index in [2.05, 4.69) is 50.9 Å². The first-order chi connectivity index (χ1) is 13.8. The fourth-order valence-corrected chi connectivity index (χ4v) is 3.41. The number of piperidine rings is 1. The summed E-state index contributed by atoms with van der Waals surface area (Å²) in [5.41, 5.74) is 1.39. The minimum absolute atomic E-state index is 0.480. The van der Waals surface area contributed by atoms with Gasteiger partial charge in [0.2, 0.25) is 0 Å². The molecule has 0 radical (unpaired) electrons. The SMILES string of the molecule is CN=C(NCCCOCc1ccco1)NC1CCN(Cc2ccccc2)CC1. The first kappa shape index (κ1) is 20.4. The summed E-state index contributed by atoms with van der Waals surface area (Å²) in [6.45, 7) is 5.33. The van der Waals surface area contributed by atoms with Gasteiger partial charge < -0.3 is 19.8 Å². The smallest absolute Gasteiger partial charge is 0.191 e. The van der Waals surface area contributed by atoms with Crippen LogP contribution < -0.4 is 10.6 Å². The van der Waals surface area contributed by atoms with Crippen LogP contribution in [0.5, 0.6) is 0 Å². The first-order valence-electron chi connectivity index (χ1n) is 10.2. The van der Waals surface area contributed by atoms with Gasteiger partial charge in [-0.15, -0.1) is 0 Å². The molecule has 1 aliphatic rings. The highest BCUT2D eigenvalue weighted by atomic mass is 16.5. The Bertz CT molecular complexity index is 680. The largest absolute Gasteiger partial charge is 0.467 e. The van der Waals surface area contributed by atoms with Crippen LogP contribution in [0.15, 0.2) is 58.1 Å². The Morgan fingerprint density at radius 1 is 1.18 bits per heavy atom. The summed E-state index contributed by atoms with van der Waals surface area (Å²) >= 11 is 0. The maximum Gasteiger partial charge on any atom is 0.191 e. The van der Waals surface area contributed by atoms with Crippen LogP contribution in [0.1, 0.15) is 30.6 Å². The Morgan fingerprint density at radius 2 is 2.00 bits per heavy atom. The quantitative estimate of drug-likeness (QED) is 0.395. The van der Waals surface area contributed by atoms with E-state index in [1.54, 1.807) is 6.26 Å². The average molecular weight is 385 g/mol. The third-order valence-corrected chi connectivity index (χ3v) is 4.98. The number of nitrogens with one attached hydrogen (secondary N) is 2. The number of ether oxygens (including phenoxy) is 1. The van der Waals surface area contributed by atoms with Crippen molar-refractivity contribution in [1.82, 2.24) is 15.5 Å². The van der Waals surface area contributed by atoms with Gasteiger partial charge >= 0.3 is 0 Å². The molecule has 2 N–H and O–H groups in total. The molecule has 1 aromatic heterocycles. The second-order valence-electron chi connectivity index (χ2n) is 7.16. The second-order valence-corrected chi connectivity index (χ2v) is 7.16. The van der Waals surface area contributed by atoms with Crippen molar-refractivity contribution in [2.45, 2.75) is 38.5 Å². The van der Waals surface area contributed by atoms with Crippen LogP contribution >= 0.6 is 0 Å². The van der Waals surface area contributed by atoms with E-state index in [0.717, 1.165) is 57.2 Å². The number of hydrogen-bond donors (Lipinski definition) is 2. The number of hydrogen-bond acceptors (Lipinski definition) is 4. The van der Waals surface area contributed by atoms with Crippen molar-refractivity contribution in [2.24, 2.45) is 4.99 Å². The lowest BCUT2D eigenvalue weighted by atomic mass is 10.0. The Balaban J connectivity index is 1.26. The van der Waals surface area contributed by atoms with Crippen LogP contribution in [0, 0.1) is 0 Å². The summed E-state index contributed by atoms with van der Waals surface area (Å²) < 4.78 is 10.9. The minimum atomic E-state index is 0.480. The van der Waals surface area contributed by atoms with Crippen molar-refractivity contribution < 1.29 is 9.15 Å². The first-order valence-corrected chi connectivity index (χ1v) is 10.2. The van der Waals surface area contributed by atoms with Crippen molar-refractivity contribution in [3.05, 3.63) is 60.1 Å². The van der Waals surface area contributed by atoms with Gasteiger partial charge in [-0.25, -0.2) is 0 Å². The molecule has 3 rings (SSSR count). The summed E-state index contributed by atoms with van der Waals surface area (Å²) in [5.74, 6) is 1.75. The Hall–Kier alpha value is -2.31. The van der Waals surface area contributed by atoms with Gasteiger partial charge in [0, 0.05) is 45.9 Å². The molecule has 0 atom stereocenters. The number of benzene rings is 1. The number of rotatable bonds is 9. The van der Waals surface area contributed by atoms with Crippen molar-refractivity contribution in [2.75, 3.05) is 33.3 Å². The molecular formula is C22H32N4O2. The summed E-state index contributed by atoms with van der Waals surface area (Å²) in [7, 11) is 1.83. The zero-order valence-corrected chi connectivity index (χ0v) is 16.8. The van der Waals surface area contributed by atoms with E-state index in [0.29, 0.717) is 19.3 Å². The summed E-state index contributed by atoms with van der Waals surface area (Å²) in [6.07, 6.45) is 4.87. The van der Waals surface area contributed by atoms with Gasteiger partial charge in [0.1, 0.15) is 12.4 Å². The summed E-state index contributed by atoms with van der Waals surface area (Å²) in [6, 6.07) is 15.0. The van der Waals surface area contributed by atoms with Gasteiger partial charge in [0.15, 0.2) is 5.96 Å². The van der Waals surface area contributed by atoms with Gasteiger partial charge in [-0.2, -0.15) is 0 Å². The van der Waals surface area contributed by atoms with Crippen molar-refractivity contribution >= 4 is 5.96 Å². The molecule has 1 fully saturated rings. The Labute approximate surface area is 168 Å². The van der Waals surface area contributed by atoms with Crippen LogP contribution in [0.25, 0.3) is 0 Å². The lowest BCUT2D eigenvalue weighted by molar-refractivity contribution is 0.105. The monoisotopic (exact) mass is 384 g/mol. The molecule has 28 heavy (non-hydrogen) atoms. The van der Waals surface area contributed by atoms with E-state index < -0.39 is 0 Å². The Kier molecular flexibility index (Phi) is 8.40. The molecule has 2 heterocycles. The number of nitrogens with zero attached hydrogens (tertiary/aromatic N) is 2. The minimum Gasteiger partial charge on any atom is -0.467 e. The highest BCUT2D eigenvalue weighted by Gasteiger charge is 2.19. The predicted octanol–water partition coefficient (Wildman–Crippen LogP) is 3.02. The molecule has 6 heteroatoms. The van der Waals surface area contributed by atoms with Crippen LogP contribution in [-0.2, 0) is 17.9 Å². The molecule has 0 bridgehead atoms. The van der Waals surface area contributed by atoms with E-state index in [1.807, 2.05) is 19.2 Å². The molecule has 6 nitrogen and oxygen atoms in total. The molecule has 1 saturated heterocycles. The number of guanidine groups is 1. The normalized spacial score (nSPS) is 16.2. The van der Waals surface area contributed by atoms with Crippen LogP contribution in [0.4, 0.5) is 0 Å². The van der Waals surface area contributed by atoms with Gasteiger partial charge in [0.25, 0.3) is 0 Å². The zero-order valence-electron chi connectivity index (χ0n) is 16.8. The van der Waals surface area contributed by atoms with Crippen molar-refractivity contribution in [3.63, 3.8) is 0 Å². The van der Waals surface area contributed by atoms with E-state index in [1.165, 1.54) is 5.56 Å². The molecule has 1 aromatic carbocycles. The Morgan fingerprint density at radius 3 is 2.71 bits per heavy atom. The molecule has 0 spiro atoms. The highest BCUT2D eigenvalue weighted by molar-refractivity contribution is 5.79. The van der Waals surface area contributed by atoms with E-state index >= 15 is 0 Å². The van der Waals surface area contributed by atoms with E-state index in [-0.39, 0.29) is 0 Å². The third-order valence-electron chi connectivity index (χ3n) is 4.98. The van der Waals surface area contributed by atoms with Gasteiger partial charge in [-0.05, 0) is 37.0 Å². The lowest BCUT2D eigenvalue weighted by Crippen LogP contribution is -2.48. The maximum absolute atomic E-state index is 5.60. The second kappa shape index (κ2) is 11.5. The molecule has 0 unspecified atom stereocenters. The van der Waals surface area contributed by atoms with Gasteiger partial charge in [0.05, 0.1) is 6.26 Å².